The van der Waals surface area contributed by atoms with Gasteiger partial charge in [-0.25, -0.2) is 4.79 Å². The molecule has 0 saturated carbocycles. The van der Waals surface area contributed by atoms with Gasteiger partial charge in [0.25, 0.3) is 0 Å². The van der Waals surface area contributed by atoms with Gasteiger partial charge < -0.3 is 14.5 Å². The lowest BCUT2D eigenvalue weighted by atomic mass is 10.2. The first-order chi connectivity index (χ1) is 10.1. The third-order valence-electron chi connectivity index (χ3n) is 2.75. The second kappa shape index (κ2) is 6.56. The summed E-state index contributed by atoms with van der Waals surface area (Å²) in [6.45, 7) is 1.82. The van der Waals surface area contributed by atoms with E-state index < -0.39 is 5.97 Å². The number of anilines is 1. The molecule has 1 aromatic heterocycles. The molecule has 0 saturated heterocycles. The van der Waals surface area contributed by atoms with Crippen LogP contribution in [0.15, 0.2) is 46.9 Å². The minimum absolute atomic E-state index is 0.301. The molecule has 0 fully saturated rings. The number of nitrogens with one attached hydrogen (secondary N) is 1. The highest BCUT2D eigenvalue weighted by atomic mass is 16.5. The van der Waals surface area contributed by atoms with E-state index in [1.807, 2.05) is 13.0 Å². The van der Waals surface area contributed by atoms with Crippen LogP contribution in [0.4, 0.5) is 5.69 Å². The maximum Gasteiger partial charge on any atom is 0.339 e. The average molecular weight is 285 g/mol. The third-order valence-corrected chi connectivity index (χ3v) is 2.75. The third kappa shape index (κ3) is 3.82. The Hall–Kier alpha value is -2.82. The maximum atomic E-state index is 11.9. The zero-order valence-electron chi connectivity index (χ0n) is 11.8. The highest BCUT2D eigenvalue weighted by Gasteiger charge is 2.11. The minimum atomic E-state index is -0.503. The molecule has 5 heteroatoms. The van der Waals surface area contributed by atoms with Crippen molar-refractivity contribution in [3.05, 3.63) is 59.6 Å². The second-order valence-electron chi connectivity index (χ2n) is 4.31. The van der Waals surface area contributed by atoms with Gasteiger partial charge in [-0.05, 0) is 37.3 Å². The van der Waals surface area contributed by atoms with E-state index in [4.69, 9.17) is 4.42 Å². The van der Waals surface area contributed by atoms with Crippen molar-refractivity contribution >= 4 is 23.6 Å². The molecule has 0 atom stereocenters. The molecule has 2 rings (SSSR count). The van der Waals surface area contributed by atoms with Gasteiger partial charge >= 0.3 is 5.97 Å². The summed E-state index contributed by atoms with van der Waals surface area (Å²) in [5.41, 5.74) is 0.699. The number of carbonyl (C=O) groups is 2. The zero-order chi connectivity index (χ0) is 15.2. The van der Waals surface area contributed by atoms with Crippen LogP contribution in [0.1, 0.15) is 21.9 Å². The Labute approximate surface area is 122 Å². The van der Waals surface area contributed by atoms with Crippen LogP contribution in [0.2, 0.25) is 0 Å². The fourth-order valence-electron chi connectivity index (χ4n) is 1.76. The van der Waals surface area contributed by atoms with Crippen molar-refractivity contribution in [3.63, 3.8) is 0 Å². The number of para-hydroxylation sites is 1. The molecular weight excluding hydrogens is 270 g/mol. The number of amides is 1. The van der Waals surface area contributed by atoms with Crippen molar-refractivity contribution in [1.82, 2.24) is 0 Å². The van der Waals surface area contributed by atoms with Crippen LogP contribution in [-0.4, -0.2) is 19.0 Å². The standard InChI is InChI=1S/C16H15NO4/c1-11-7-8-12(21-11)9-10-15(18)17-14-6-4-3-5-13(14)16(19)20-2/h3-10H,1-2H3,(H,17,18). The largest absolute Gasteiger partial charge is 0.465 e. The zero-order valence-corrected chi connectivity index (χ0v) is 11.8. The van der Waals surface area contributed by atoms with Gasteiger partial charge in [-0.15, -0.1) is 0 Å². The van der Waals surface area contributed by atoms with Gasteiger partial charge in [-0.3, -0.25) is 4.79 Å². The van der Waals surface area contributed by atoms with E-state index in [-0.39, 0.29) is 5.91 Å². The predicted molar refractivity (Wildman–Crippen MR) is 78.9 cm³/mol. The molecule has 1 N–H and O–H groups in total. The number of furan rings is 1. The molecule has 0 aliphatic carbocycles. The van der Waals surface area contributed by atoms with Crippen LogP contribution in [-0.2, 0) is 9.53 Å². The average Bonchev–Trinajstić information content (AvgIpc) is 2.90. The molecule has 2 aromatic rings. The summed E-state index contributed by atoms with van der Waals surface area (Å²) in [6, 6.07) is 10.2. The number of esters is 1. The van der Waals surface area contributed by atoms with E-state index in [9.17, 15) is 9.59 Å². The smallest absolute Gasteiger partial charge is 0.339 e. The predicted octanol–water partition coefficient (Wildman–Crippen LogP) is 3.03. The van der Waals surface area contributed by atoms with Gasteiger partial charge in [0.1, 0.15) is 11.5 Å². The van der Waals surface area contributed by atoms with Crippen molar-refractivity contribution in [2.75, 3.05) is 12.4 Å². The number of rotatable bonds is 4. The molecule has 5 nitrogen and oxygen atoms in total. The van der Waals surface area contributed by atoms with Crippen LogP contribution in [0, 0.1) is 6.92 Å². The molecule has 0 aliphatic rings. The Balaban J connectivity index is 2.09. The Morgan fingerprint density at radius 3 is 2.62 bits per heavy atom. The van der Waals surface area contributed by atoms with Gasteiger partial charge in [-0.1, -0.05) is 12.1 Å². The van der Waals surface area contributed by atoms with Crippen molar-refractivity contribution < 1.29 is 18.7 Å². The quantitative estimate of drug-likeness (QED) is 0.692. The summed E-state index contributed by atoms with van der Waals surface area (Å²) < 4.78 is 9.99. The molecule has 0 spiro atoms. The summed E-state index contributed by atoms with van der Waals surface area (Å²) in [4.78, 5) is 23.5. The summed E-state index contributed by atoms with van der Waals surface area (Å²) in [6.07, 6.45) is 2.90. The van der Waals surface area contributed by atoms with Crippen LogP contribution in [0.25, 0.3) is 6.08 Å². The first-order valence-electron chi connectivity index (χ1n) is 6.33. The van der Waals surface area contributed by atoms with E-state index in [0.29, 0.717) is 17.0 Å². The minimum Gasteiger partial charge on any atom is -0.465 e. The van der Waals surface area contributed by atoms with Crippen molar-refractivity contribution in [2.45, 2.75) is 6.92 Å². The highest BCUT2D eigenvalue weighted by molar-refractivity contribution is 6.06. The molecule has 1 heterocycles. The van der Waals surface area contributed by atoms with E-state index in [2.05, 4.69) is 10.1 Å². The summed E-state index contributed by atoms with van der Waals surface area (Å²) in [5.74, 6) is 0.493. The molecule has 108 valence electrons. The first-order valence-corrected chi connectivity index (χ1v) is 6.33. The Morgan fingerprint density at radius 2 is 1.95 bits per heavy atom. The number of hydrogen-bond donors (Lipinski definition) is 1. The van der Waals surface area contributed by atoms with Gasteiger partial charge in [0.2, 0.25) is 5.91 Å². The van der Waals surface area contributed by atoms with Gasteiger partial charge in [0, 0.05) is 6.08 Å². The number of benzene rings is 1. The van der Waals surface area contributed by atoms with E-state index >= 15 is 0 Å². The van der Waals surface area contributed by atoms with E-state index in [1.165, 1.54) is 13.2 Å². The normalized spacial score (nSPS) is 10.6. The molecule has 1 amide bonds. The fourth-order valence-corrected chi connectivity index (χ4v) is 1.76. The number of methoxy groups -OCH3 is 1. The Kier molecular flexibility index (Phi) is 4.56. The fraction of sp³-hybridized carbons (Fsp3) is 0.125. The van der Waals surface area contributed by atoms with Gasteiger partial charge in [-0.2, -0.15) is 0 Å². The lowest BCUT2D eigenvalue weighted by molar-refractivity contribution is -0.111. The monoisotopic (exact) mass is 285 g/mol. The van der Waals surface area contributed by atoms with Gasteiger partial charge in [0.05, 0.1) is 18.4 Å². The first kappa shape index (κ1) is 14.6. The van der Waals surface area contributed by atoms with Crippen LogP contribution in [0.3, 0.4) is 0 Å². The Bertz CT molecular complexity index is 685. The van der Waals surface area contributed by atoms with Crippen LogP contribution < -0.4 is 5.32 Å². The maximum absolute atomic E-state index is 11.9. The van der Waals surface area contributed by atoms with Crippen molar-refractivity contribution in [2.24, 2.45) is 0 Å². The van der Waals surface area contributed by atoms with Crippen LogP contribution in [0.5, 0.6) is 0 Å². The van der Waals surface area contributed by atoms with Crippen molar-refractivity contribution in [3.8, 4) is 0 Å². The Morgan fingerprint density at radius 1 is 1.19 bits per heavy atom. The van der Waals surface area contributed by atoms with E-state index in [1.54, 1.807) is 36.4 Å². The number of aryl methyl sites for hydroxylation is 1. The molecule has 21 heavy (non-hydrogen) atoms. The molecule has 0 aliphatic heterocycles. The van der Waals surface area contributed by atoms with E-state index in [0.717, 1.165) is 5.76 Å². The highest BCUT2D eigenvalue weighted by Crippen LogP contribution is 2.16. The summed E-state index contributed by atoms with van der Waals surface area (Å²) >= 11 is 0. The second-order valence-corrected chi connectivity index (χ2v) is 4.31. The molecule has 1 aromatic carbocycles. The molecule has 0 unspecified atom stereocenters. The molecule has 0 radical (unpaired) electrons. The van der Waals surface area contributed by atoms with Crippen molar-refractivity contribution in [1.29, 1.82) is 0 Å². The SMILES string of the molecule is COC(=O)c1ccccc1NC(=O)C=Cc1ccc(C)o1. The number of ether oxygens (including phenoxy) is 1. The lowest BCUT2D eigenvalue weighted by Crippen LogP contribution is -2.12. The summed E-state index contributed by atoms with van der Waals surface area (Å²) in [5, 5.41) is 2.63. The topological polar surface area (TPSA) is 68.5 Å². The number of carbonyl (C=O) groups excluding carboxylic acids is 2. The summed E-state index contributed by atoms with van der Waals surface area (Å²) in [7, 11) is 1.29. The number of hydrogen-bond acceptors (Lipinski definition) is 4. The molecule has 0 bridgehead atoms. The van der Waals surface area contributed by atoms with Crippen LogP contribution >= 0.6 is 0 Å². The van der Waals surface area contributed by atoms with Gasteiger partial charge in [0.15, 0.2) is 0 Å². The molecular formula is C16H15NO4. The lowest BCUT2D eigenvalue weighted by Gasteiger charge is -2.07.